The zero-order valence-electron chi connectivity index (χ0n) is 24.7. The Labute approximate surface area is 246 Å². The van der Waals surface area contributed by atoms with Crippen LogP contribution in [0.15, 0.2) is 69.4 Å². The van der Waals surface area contributed by atoms with E-state index in [-0.39, 0.29) is 35.1 Å². The summed E-state index contributed by atoms with van der Waals surface area (Å²) in [6.45, 7) is 4.52. The number of allylic oxidation sites excluding steroid dienone is 2. The summed E-state index contributed by atoms with van der Waals surface area (Å²) >= 11 is 0. The van der Waals surface area contributed by atoms with Crippen LogP contribution in [0.3, 0.4) is 0 Å². The lowest BCUT2D eigenvalue weighted by atomic mass is 9.76. The van der Waals surface area contributed by atoms with Gasteiger partial charge in [-0.15, -0.1) is 0 Å². The number of fused-ring (bicyclic) bond motifs is 1. The Bertz CT molecular complexity index is 1530. The summed E-state index contributed by atoms with van der Waals surface area (Å²) in [5.74, 6) is 1.77. The Balaban J connectivity index is 1.38. The van der Waals surface area contributed by atoms with Crippen molar-refractivity contribution in [2.75, 3.05) is 20.8 Å². The van der Waals surface area contributed by atoms with Crippen LogP contribution in [0, 0.1) is 5.41 Å². The van der Waals surface area contributed by atoms with Crippen molar-refractivity contribution in [3.05, 3.63) is 88.0 Å². The number of ketones is 2. The van der Waals surface area contributed by atoms with Crippen LogP contribution >= 0.6 is 0 Å². The van der Waals surface area contributed by atoms with Crippen molar-refractivity contribution in [1.82, 2.24) is 5.16 Å². The second-order valence-corrected chi connectivity index (χ2v) is 11.9. The number of carbonyl (C=O) groups is 2. The number of Topliss-reactive ketones (excluding diaryl/α,β-unsaturated/α-hetero) is 2. The molecule has 3 aromatic rings. The zero-order valence-corrected chi connectivity index (χ0v) is 24.7. The van der Waals surface area contributed by atoms with Crippen LogP contribution < -0.4 is 9.47 Å². The van der Waals surface area contributed by atoms with Gasteiger partial charge in [-0.1, -0.05) is 55.4 Å². The first-order valence-corrected chi connectivity index (χ1v) is 14.4. The van der Waals surface area contributed by atoms with Gasteiger partial charge >= 0.3 is 0 Å². The summed E-state index contributed by atoms with van der Waals surface area (Å²) in [6.07, 6.45) is 3.02. The quantitative estimate of drug-likeness (QED) is 0.233. The molecule has 2 aliphatic carbocycles. The summed E-state index contributed by atoms with van der Waals surface area (Å²) in [5, 5.41) is 15.4. The number of methoxy groups -OCH3 is 2. The fourth-order valence-corrected chi connectivity index (χ4v) is 6.03. The Morgan fingerprint density at radius 3 is 2.50 bits per heavy atom. The zero-order chi connectivity index (χ0) is 29.9. The van der Waals surface area contributed by atoms with Gasteiger partial charge in [-0.3, -0.25) is 14.6 Å². The van der Waals surface area contributed by atoms with Gasteiger partial charge in [0, 0.05) is 44.4 Å². The van der Waals surface area contributed by atoms with E-state index in [1.165, 1.54) is 0 Å². The van der Waals surface area contributed by atoms with E-state index in [0.29, 0.717) is 84.9 Å². The maximum atomic E-state index is 13.5. The van der Waals surface area contributed by atoms with E-state index in [4.69, 9.17) is 19.0 Å². The van der Waals surface area contributed by atoms with E-state index in [0.717, 1.165) is 11.1 Å². The van der Waals surface area contributed by atoms with Gasteiger partial charge < -0.3 is 19.1 Å². The van der Waals surface area contributed by atoms with Crippen LogP contribution in [-0.2, 0) is 24.1 Å². The number of hydrogen-bond acceptors (Lipinski definition) is 8. The number of aliphatic imine (C=N–C) groups is 1. The third-order valence-corrected chi connectivity index (χ3v) is 8.14. The average Bonchev–Trinajstić information content (AvgIpc) is 3.38. The highest BCUT2D eigenvalue weighted by Gasteiger charge is 2.37. The lowest BCUT2D eigenvalue weighted by molar-refractivity contribution is -0.116. The van der Waals surface area contributed by atoms with Gasteiger partial charge in [-0.05, 0) is 47.4 Å². The van der Waals surface area contributed by atoms with E-state index >= 15 is 0 Å². The first kappa shape index (κ1) is 29.3. The fraction of sp³-hybridized carbons (Fsp3) is 0.412. The first-order chi connectivity index (χ1) is 20.2. The Morgan fingerprint density at radius 2 is 1.76 bits per heavy atom. The minimum Gasteiger partial charge on any atom is -0.511 e. The molecule has 2 aliphatic rings. The van der Waals surface area contributed by atoms with Crippen LogP contribution in [0.5, 0.6) is 11.5 Å². The van der Waals surface area contributed by atoms with Crippen LogP contribution in [0.2, 0.25) is 0 Å². The molecule has 1 heterocycles. The lowest BCUT2D eigenvalue weighted by Gasteiger charge is -2.27. The molecular formula is C34H38N2O6. The molecule has 1 unspecified atom stereocenters. The Kier molecular flexibility index (Phi) is 8.61. The third kappa shape index (κ3) is 6.32. The fourth-order valence-electron chi connectivity index (χ4n) is 6.03. The van der Waals surface area contributed by atoms with Gasteiger partial charge in [0.25, 0.3) is 0 Å². The van der Waals surface area contributed by atoms with Crippen molar-refractivity contribution in [2.45, 2.75) is 64.7 Å². The number of nitrogens with zero attached hydrogens (tertiary/aromatic N) is 2. The number of benzene rings is 2. The van der Waals surface area contributed by atoms with Gasteiger partial charge in [0.05, 0.1) is 31.1 Å². The Hall–Kier alpha value is -4.20. The molecule has 0 saturated heterocycles. The molecular weight excluding hydrogens is 532 g/mol. The molecule has 0 radical (unpaired) electrons. The number of aliphatic hydroxyl groups excluding tert-OH is 1. The van der Waals surface area contributed by atoms with Gasteiger partial charge in [-0.2, -0.15) is 0 Å². The standard InChI is InChI=1S/C34H38N2O6/c1-34(2)19-28(39)33-24(36-42-31(33)20-34)11-12-26(37)32-25(17-23(18-27(32)38)22-8-6-5-7-9-22)35-15-14-21-10-13-29(40-3)30(16-21)41-4/h5-10,13,16,23,37H,11-12,14-15,17-20H2,1-4H3/b32-26+,35-25?. The molecule has 1 atom stereocenters. The average molecular weight is 571 g/mol. The van der Waals surface area contributed by atoms with Crippen molar-refractivity contribution in [3.8, 4) is 11.5 Å². The van der Waals surface area contributed by atoms with E-state index in [9.17, 15) is 14.7 Å². The third-order valence-electron chi connectivity index (χ3n) is 8.14. The summed E-state index contributed by atoms with van der Waals surface area (Å²) in [7, 11) is 3.20. The smallest absolute Gasteiger partial charge is 0.168 e. The number of carbonyl (C=O) groups excluding carboxylic acids is 2. The number of aryl methyl sites for hydroxylation is 1. The normalized spacial score (nSPS) is 20.4. The number of aliphatic hydroxyl groups is 1. The molecule has 8 nitrogen and oxygen atoms in total. The van der Waals surface area contributed by atoms with E-state index < -0.39 is 0 Å². The molecule has 5 rings (SSSR count). The number of hydrogen-bond donors (Lipinski definition) is 1. The second-order valence-electron chi connectivity index (χ2n) is 11.9. The van der Waals surface area contributed by atoms with Crippen LogP contribution in [-0.4, -0.2) is 48.3 Å². The summed E-state index contributed by atoms with van der Waals surface area (Å²) in [6, 6.07) is 15.7. The molecule has 220 valence electrons. The molecule has 1 saturated carbocycles. The monoisotopic (exact) mass is 570 g/mol. The minimum atomic E-state index is -0.170. The number of aromatic nitrogens is 1. The number of rotatable bonds is 9. The molecule has 42 heavy (non-hydrogen) atoms. The highest BCUT2D eigenvalue weighted by molar-refractivity contribution is 6.24. The molecule has 0 bridgehead atoms. The summed E-state index contributed by atoms with van der Waals surface area (Å²) in [5.41, 5.74) is 3.91. The van der Waals surface area contributed by atoms with Crippen molar-refractivity contribution >= 4 is 17.3 Å². The largest absolute Gasteiger partial charge is 0.511 e. The maximum Gasteiger partial charge on any atom is 0.168 e. The lowest BCUT2D eigenvalue weighted by Crippen LogP contribution is -2.27. The number of ether oxygens (including phenoxy) is 2. The molecule has 1 N–H and O–H groups in total. The van der Waals surface area contributed by atoms with Crippen molar-refractivity contribution in [3.63, 3.8) is 0 Å². The molecule has 0 amide bonds. The van der Waals surface area contributed by atoms with Crippen LogP contribution in [0.4, 0.5) is 0 Å². The summed E-state index contributed by atoms with van der Waals surface area (Å²) < 4.78 is 16.3. The van der Waals surface area contributed by atoms with Crippen molar-refractivity contribution in [1.29, 1.82) is 0 Å². The highest BCUT2D eigenvalue weighted by atomic mass is 16.5. The molecule has 8 heteroatoms. The molecule has 0 spiro atoms. The molecule has 2 aromatic carbocycles. The van der Waals surface area contributed by atoms with Crippen LogP contribution in [0.25, 0.3) is 0 Å². The highest BCUT2D eigenvalue weighted by Crippen LogP contribution is 2.37. The molecule has 0 aliphatic heterocycles. The topological polar surface area (TPSA) is 111 Å². The van der Waals surface area contributed by atoms with Gasteiger partial charge in [0.1, 0.15) is 11.5 Å². The van der Waals surface area contributed by atoms with Crippen molar-refractivity contribution < 1.29 is 28.7 Å². The Morgan fingerprint density at radius 1 is 1.00 bits per heavy atom. The van der Waals surface area contributed by atoms with Gasteiger partial charge in [0.2, 0.25) is 0 Å². The van der Waals surface area contributed by atoms with Crippen LogP contribution in [0.1, 0.15) is 78.4 Å². The second kappa shape index (κ2) is 12.3. The molecule has 1 aromatic heterocycles. The van der Waals surface area contributed by atoms with Crippen molar-refractivity contribution in [2.24, 2.45) is 10.4 Å². The van der Waals surface area contributed by atoms with E-state index in [1.807, 2.05) is 62.4 Å². The predicted molar refractivity (Wildman–Crippen MR) is 160 cm³/mol. The van der Waals surface area contributed by atoms with E-state index in [2.05, 4.69) is 5.16 Å². The summed E-state index contributed by atoms with van der Waals surface area (Å²) in [4.78, 5) is 31.2. The maximum absolute atomic E-state index is 13.5. The SMILES string of the molecule is COc1ccc(CCN=C2CC(c3ccccc3)CC(=O)/C2=C(/O)CCc2noc3c2C(=O)CC(C)(C)C3)cc1OC. The molecule has 1 fully saturated rings. The van der Waals surface area contributed by atoms with E-state index in [1.54, 1.807) is 14.2 Å². The minimum absolute atomic E-state index is 0.0152. The predicted octanol–water partition coefficient (Wildman–Crippen LogP) is 6.42. The van der Waals surface area contributed by atoms with Gasteiger partial charge in [-0.25, -0.2) is 0 Å². The van der Waals surface area contributed by atoms with Gasteiger partial charge in [0.15, 0.2) is 23.1 Å². The first-order valence-electron chi connectivity index (χ1n) is 14.4.